The molecular formula is C26H22N2O5S. The predicted octanol–water partition coefficient (Wildman–Crippen LogP) is 3.53. The summed E-state index contributed by atoms with van der Waals surface area (Å²) in [5.41, 5.74) is 4.69. The summed E-state index contributed by atoms with van der Waals surface area (Å²) in [5, 5.41) is 2.84. The molecule has 0 aromatic heterocycles. The third-order valence-corrected chi connectivity index (χ3v) is 8.39. The van der Waals surface area contributed by atoms with Crippen LogP contribution in [0, 0.1) is 0 Å². The Morgan fingerprint density at radius 1 is 1.00 bits per heavy atom. The molecule has 1 aliphatic carbocycles. The summed E-state index contributed by atoms with van der Waals surface area (Å²) in [6.45, 7) is 1.02. The van der Waals surface area contributed by atoms with E-state index in [1.165, 1.54) is 23.8 Å². The van der Waals surface area contributed by atoms with E-state index >= 15 is 0 Å². The fourth-order valence-corrected chi connectivity index (χ4v) is 6.37. The molecule has 7 nitrogen and oxygen atoms in total. The summed E-state index contributed by atoms with van der Waals surface area (Å²) in [6.07, 6.45) is 2.29. The lowest BCUT2D eigenvalue weighted by molar-refractivity contribution is 0.0863. The van der Waals surface area contributed by atoms with Crippen LogP contribution in [0.4, 0.5) is 0 Å². The van der Waals surface area contributed by atoms with E-state index in [0.717, 1.165) is 39.8 Å². The van der Waals surface area contributed by atoms with E-state index in [4.69, 9.17) is 4.74 Å². The third kappa shape index (κ3) is 3.45. The van der Waals surface area contributed by atoms with Crippen LogP contribution in [0.25, 0.3) is 11.1 Å². The molecule has 2 heterocycles. The second-order valence-electron chi connectivity index (χ2n) is 8.85. The Kier molecular flexibility index (Phi) is 4.74. The van der Waals surface area contributed by atoms with Gasteiger partial charge in [0.2, 0.25) is 0 Å². The molecule has 0 radical (unpaired) electrons. The molecule has 0 bridgehead atoms. The van der Waals surface area contributed by atoms with Crippen molar-refractivity contribution < 1.29 is 22.7 Å². The molecule has 2 aliphatic heterocycles. The number of ether oxygens (including phenoxy) is 1. The SMILES string of the molecule is O=C(NCc1ccc(-c2ccc3c(c2)CCO3)cc1)c1ccc2c(c1)S(=O)(=O)N(C1CC1)C2=O. The first kappa shape index (κ1) is 20.9. The first-order valence-corrected chi connectivity index (χ1v) is 12.7. The second kappa shape index (κ2) is 7.70. The van der Waals surface area contributed by atoms with Crippen molar-refractivity contribution in [2.45, 2.75) is 36.7 Å². The van der Waals surface area contributed by atoms with E-state index in [0.29, 0.717) is 19.4 Å². The highest BCUT2D eigenvalue weighted by Gasteiger charge is 2.48. The van der Waals surface area contributed by atoms with Gasteiger partial charge in [-0.2, -0.15) is 0 Å². The van der Waals surface area contributed by atoms with Crippen LogP contribution >= 0.6 is 0 Å². The van der Waals surface area contributed by atoms with Gasteiger partial charge >= 0.3 is 0 Å². The Balaban J connectivity index is 1.15. The van der Waals surface area contributed by atoms with Gasteiger partial charge in [0, 0.05) is 24.6 Å². The maximum Gasteiger partial charge on any atom is 0.269 e. The number of rotatable bonds is 5. The number of amides is 2. The van der Waals surface area contributed by atoms with Gasteiger partial charge in [-0.3, -0.25) is 9.59 Å². The number of nitrogens with zero attached hydrogens (tertiary/aromatic N) is 1. The Hall–Kier alpha value is -3.65. The van der Waals surface area contributed by atoms with E-state index in [1.807, 2.05) is 36.4 Å². The minimum atomic E-state index is -3.89. The van der Waals surface area contributed by atoms with Gasteiger partial charge in [0.25, 0.3) is 21.8 Å². The first-order chi connectivity index (χ1) is 16.4. The topological polar surface area (TPSA) is 92.8 Å². The van der Waals surface area contributed by atoms with Crippen LogP contribution in [0.3, 0.4) is 0 Å². The van der Waals surface area contributed by atoms with E-state index in [1.54, 1.807) is 0 Å². The highest BCUT2D eigenvalue weighted by Crippen LogP contribution is 2.39. The van der Waals surface area contributed by atoms with Crippen molar-refractivity contribution in [3.05, 3.63) is 82.9 Å². The number of fused-ring (bicyclic) bond motifs is 2. The third-order valence-electron chi connectivity index (χ3n) is 6.52. The van der Waals surface area contributed by atoms with E-state index in [9.17, 15) is 18.0 Å². The maximum atomic E-state index is 12.8. The largest absolute Gasteiger partial charge is 0.493 e. The molecular weight excluding hydrogens is 452 g/mol. The number of hydrogen-bond acceptors (Lipinski definition) is 5. The van der Waals surface area contributed by atoms with Crippen molar-refractivity contribution in [3.8, 4) is 16.9 Å². The molecule has 1 N–H and O–H groups in total. The average Bonchev–Trinajstić information content (AvgIpc) is 3.51. The Labute approximate surface area is 197 Å². The number of nitrogens with one attached hydrogen (secondary N) is 1. The van der Waals surface area contributed by atoms with Gasteiger partial charge in [-0.15, -0.1) is 0 Å². The highest BCUT2D eigenvalue weighted by atomic mass is 32.2. The molecule has 34 heavy (non-hydrogen) atoms. The summed E-state index contributed by atoms with van der Waals surface area (Å²) >= 11 is 0. The molecule has 172 valence electrons. The number of carbonyl (C=O) groups is 2. The fourth-order valence-electron chi connectivity index (χ4n) is 4.52. The monoisotopic (exact) mass is 474 g/mol. The highest BCUT2D eigenvalue weighted by molar-refractivity contribution is 7.90. The van der Waals surface area contributed by atoms with Gasteiger partial charge in [-0.1, -0.05) is 30.3 Å². The number of hydrogen-bond donors (Lipinski definition) is 1. The van der Waals surface area contributed by atoms with Gasteiger partial charge in [-0.25, -0.2) is 12.7 Å². The molecule has 2 amide bonds. The number of carbonyl (C=O) groups excluding carboxylic acids is 2. The van der Waals surface area contributed by atoms with Crippen molar-refractivity contribution in [2.75, 3.05) is 6.61 Å². The zero-order valence-corrected chi connectivity index (χ0v) is 19.1. The molecule has 6 rings (SSSR count). The maximum absolute atomic E-state index is 12.8. The smallest absolute Gasteiger partial charge is 0.269 e. The first-order valence-electron chi connectivity index (χ1n) is 11.3. The van der Waals surface area contributed by atoms with Crippen LogP contribution in [0.1, 0.15) is 44.7 Å². The lowest BCUT2D eigenvalue weighted by Gasteiger charge is -2.13. The molecule has 3 aromatic rings. The van der Waals surface area contributed by atoms with Crippen LogP contribution in [0.15, 0.2) is 65.6 Å². The quantitative estimate of drug-likeness (QED) is 0.611. The number of benzene rings is 3. The summed E-state index contributed by atoms with van der Waals surface area (Å²) in [6, 6.07) is 18.1. The van der Waals surface area contributed by atoms with Crippen LogP contribution in [0.5, 0.6) is 5.75 Å². The van der Waals surface area contributed by atoms with E-state index in [2.05, 4.69) is 11.4 Å². The number of sulfonamides is 1. The van der Waals surface area contributed by atoms with E-state index in [-0.39, 0.29) is 22.1 Å². The molecule has 1 saturated carbocycles. The van der Waals surface area contributed by atoms with Gasteiger partial charge < -0.3 is 10.1 Å². The van der Waals surface area contributed by atoms with Crippen molar-refractivity contribution in [1.82, 2.24) is 9.62 Å². The summed E-state index contributed by atoms with van der Waals surface area (Å²) in [5.74, 6) is 0.0607. The Morgan fingerprint density at radius 2 is 1.76 bits per heavy atom. The van der Waals surface area contributed by atoms with Crippen molar-refractivity contribution in [2.24, 2.45) is 0 Å². The molecule has 1 fully saturated rings. The van der Waals surface area contributed by atoms with Crippen LogP contribution < -0.4 is 10.1 Å². The predicted molar refractivity (Wildman–Crippen MR) is 125 cm³/mol. The van der Waals surface area contributed by atoms with Gasteiger partial charge in [-0.05, 0) is 65.4 Å². The molecule has 8 heteroatoms. The lowest BCUT2D eigenvalue weighted by Crippen LogP contribution is -2.32. The zero-order chi connectivity index (χ0) is 23.4. The minimum Gasteiger partial charge on any atom is -0.493 e. The van der Waals surface area contributed by atoms with Gasteiger partial charge in [0.1, 0.15) is 10.6 Å². The Bertz CT molecular complexity index is 1440. The zero-order valence-electron chi connectivity index (χ0n) is 18.3. The summed E-state index contributed by atoms with van der Waals surface area (Å²) < 4.78 is 32.1. The lowest BCUT2D eigenvalue weighted by atomic mass is 10.0. The molecule has 0 spiro atoms. The molecule has 0 saturated heterocycles. The molecule has 3 aliphatic rings. The molecule has 3 aromatic carbocycles. The molecule has 0 unspecified atom stereocenters. The van der Waals surface area contributed by atoms with Crippen LogP contribution in [-0.2, 0) is 23.0 Å². The van der Waals surface area contributed by atoms with Crippen LogP contribution in [-0.4, -0.2) is 37.2 Å². The Morgan fingerprint density at radius 3 is 2.53 bits per heavy atom. The minimum absolute atomic E-state index is 0.0823. The summed E-state index contributed by atoms with van der Waals surface area (Å²) in [4.78, 5) is 25.1. The van der Waals surface area contributed by atoms with Crippen molar-refractivity contribution >= 4 is 21.8 Å². The summed E-state index contributed by atoms with van der Waals surface area (Å²) in [7, 11) is -3.89. The van der Waals surface area contributed by atoms with Gasteiger partial charge in [0.15, 0.2) is 0 Å². The van der Waals surface area contributed by atoms with Crippen molar-refractivity contribution in [3.63, 3.8) is 0 Å². The van der Waals surface area contributed by atoms with Gasteiger partial charge in [0.05, 0.1) is 12.2 Å². The van der Waals surface area contributed by atoms with Crippen molar-refractivity contribution in [1.29, 1.82) is 0 Å². The molecule has 0 atom stereocenters. The standard InChI is InChI=1S/C26H22N2O5S/c29-25(20-5-9-22-24(14-20)34(31,32)28(26(22)30)21-7-8-21)27-15-16-1-3-17(4-2-16)18-6-10-23-19(13-18)11-12-33-23/h1-6,9-10,13-14,21H,7-8,11-12,15H2,(H,27,29). The second-order valence-corrected chi connectivity index (χ2v) is 10.6. The average molecular weight is 475 g/mol. The fraction of sp³-hybridized carbons (Fsp3) is 0.231. The van der Waals surface area contributed by atoms with E-state index < -0.39 is 21.8 Å². The van der Waals surface area contributed by atoms with Crippen LogP contribution in [0.2, 0.25) is 0 Å². The normalized spacial score (nSPS) is 17.8.